The Bertz CT molecular complexity index is 1400. The standard InChI is InChI=1S/C28H27ClN4OS/c1-17-11-12-20(29)15-25(17)32-18(2)14-23(19(32)3)27-26(24-10-5-6-13-30-24)31-28(35)33(27)21-8-7-9-22(16-21)34-4/h5-16,26-27H,1-4H3,(H,31,35). The molecule has 0 bridgehead atoms. The van der Waals surface area contributed by atoms with Gasteiger partial charge in [0, 0.05) is 40.0 Å². The van der Waals surface area contributed by atoms with Crippen LogP contribution >= 0.6 is 23.8 Å². The van der Waals surface area contributed by atoms with Gasteiger partial charge < -0.3 is 19.5 Å². The van der Waals surface area contributed by atoms with E-state index in [4.69, 9.17) is 28.6 Å². The van der Waals surface area contributed by atoms with Crippen molar-refractivity contribution in [2.45, 2.75) is 32.9 Å². The number of benzene rings is 2. The number of aryl methyl sites for hydroxylation is 2. The number of thiocarbonyl (C=S) groups is 1. The molecule has 5 nitrogen and oxygen atoms in total. The molecule has 1 fully saturated rings. The Kier molecular flexibility index (Phi) is 6.26. The number of anilines is 1. The van der Waals surface area contributed by atoms with Gasteiger partial charge in [-0.2, -0.15) is 0 Å². The third-order valence-electron chi connectivity index (χ3n) is 6.63. The van der Waals surface area contributed by atoms with Gasteiger partial charge in [-0.1, -0.05) is 29.8 Å². The molecule has 2 unspecified atom stereocenters. The van der Waals surface area contributed by atoms with Gasteiger partial charge >= 0.3 is 0 Å². The van der Waals surface area contributed by atoms with E-state index in [1.807, 2.05) is 54.7 Å². The number of nitrogens with one attached hydrogen (secondary N) is 1. The Morgan fingerprint density at radius 3 is 2.57 bits per heavy atom. The summed E-state index contributed by atoms with van der Waals surface area (Å²) in [7, 11) is 1.68. The topological polar surface area (TPSA) is 42.3 Å². The Morgan fingerprint density at radius 2 is 1.83 bits per heavy atom. The summed E-state index contributed by atoms with van der Waals surface area (Å²) in [4.78, 5) is 6.85. The van der Waals surface area contributed by atoms with E-state index < -0.39 is 0 Å². The minimum absolute atomic E-state index is 0.107. The minimum Gasteiger partial charge on any atom is -0.497 e. The molecule has 1 saturated heterocycles. The summed E-state index contributed by atoms with van der Waals surface area (Å²) < 4.78 is 7.79. The van der Waals surface area contributed by atoms with Crippen molar-refractivity contribution < 1.29 is 4.74 Å². The number of methoxy groups -OCH3 is 1. The van der Waals surface area contributed by atoms with Gasteiger partial charge in [0.2, 0.25) is 0 Å². The van der Waals surface area contributed by atoms with E-state index in [1.165, 1.54) is 5.56 Å². The third kappa shape index (κ3) is 4.17. The molecule has 35 heavy (non-hydrogen) atoms. The predicted molar refractivity (Wildman–Crippen MR) is 146 cm³/mol. The molecule has 1 aliphatic heterocycles. The largest absolute Gasteiger partial charge is 0.497 e. The van der Waals surface area contributed by atoms with Crippen molar-refractivity contribution in [2.75, 3.05) is 12.0 Å². The lowest BCUT2D eigenvalue weighted by molar-refractivity contribution is 0.415. The molecular weight excluding hydrogens is 476 g/mol. The monoisotopic (exact) mass is 502 g/mol. The highest BCUT2D eigenvalue weighted by Crippen LogP contribution is 2.44. The molecule has 0 amide bonds. The lowest BCUT2D eigenvalue weighted by Gasteiger charge is -2.28. The van der Waals surface area contributed by atoms with Gasteiger partial charge in [0.05, 0.1) is 24.9 Å². The fourth-order valence-electron chi connectivity index (χ4n) is 4.99. The summed E-state index contributed by atoms with van der Waals surface area (Å²) in [6, 6.07) is 22.0. The molecular formula is C28H27ClN4OS. The second-order valence-corrected chi connectivity index (χ2v) is 9.61. The SMILES string of the molecule is COc1cccc(N2C(=S)NC(c3ccccn3)C2c2cc(C)n(-c3cc(Cl)ccc3C)c2C)c1. The Balaban J connectivity index is 1.70. The number of hydrogen-bond donors (Lipinski definition) is 1. The summed E-state index contributed by atoms with van der Waals surface area (Å²) in [6.45, 7) is 6.39. The summed E-state index contributed by atoms with van der Waals surface area (Å²) in [5.41, 5.74) is 7.59. The van der Waals surface area contributed by atoms with E-state index in [0.717, 1.165) is 39.8 Å². The number of rotatable bonds is 5. The van der Waals surface area contributed by atoms with Crippen LogP contribution in [0.4, 0.5) is 5.69 Å². The highest BCUT2D eigenvalue weighted by atomic mass is 35.5. The smallest absolute Gasteiger partial charge is 0.174 e. The zero-order valence-electron chi connectivity index (χ0n) is 20.1. The summed E-state index contributed by atoms with van der Waals surface area (Å²) in [6.07, 6.45) is 1.82. The van der Waals surface area contributed by atoms with E-state index in [9.17, 15) is 0 Å². The Hall–Kier alpha value is -3.35. The molecule has 2 aromatic heterocycles. The Labute approximate surface area is 216 Å². The maximum atomic E-state index is 6.39. The lowest BCUT2D eigenvalue weighted by atomic mass is 9.96. The van der Waals surface area contributed by atoms with Gasteiger partial charge in [-0.3, -0.25) is 4.98 Å². The molecule has 4 aromatic rings. The van der Waals surface area contributed by atoms with Crippen molar-refractivity contribution in [1.82, 2.24) is 14.9 Å². The number of nitrogens with zero attached hydrogens (tertiary/aromatic N) is 3. The van der Waals surface area contributed by atoms with Gasteiger partial charge in [0.15, 0.2) is 5.11 Å². The molecule has 178 valence electrons. The van der Waals surface area contributed by atoms with Gasteiger partial charge in [-0.15, -0.1) is 0 Å². The maximum absolute atomic E-state index is 6.39. The first kappa shape index (κ1) is 23.4. The molecule has 5 rings (SSSR count). The zero-order valence-corrected chi connectivity index (χ0v) is 21.7. The van der Waals surface area contributed by atoms with E-state index in [-0.39, 0.29) is 12.1 Å². The zero-order chi connectivity index (χ0) is 24.7. The number of hydrogen-bond acceptors (Lipinski definition) is 3. The van der Waals surface area contributed by atoms with Crippen molar-refractivity contribution in [3.05, 3.63) is 106 Å². The second-order valence-electron chi connectivity index (χ2n) is 8.79. The van der Waals surface area contributed by atoms with E-state index in [2.05, 4.69) is 58.7 Å². The maximum Gasteiger partial charge on any atom is 0.174 e. The lowest BCUT2D eigenvalue weighted by Crippen LogP contribution is -2.29. The molecule has 0 aliphatic carbocycles. The second kappa shape index (κ2) is 9.36. The quantitative estimate of drug-likeness (QED) is 0.310. The average molecular weight is 503 g/mol. The first-order chi connectivity index (χ1) is 16.9. The molecule has 0 spiro atoms. The van der Waals surface area contributed by atoms with Crippen LogP contribution in [0, 0.1) is 20.8 Å². The Morgan fingerprint density at radius 1 is 1.00 bits per heavy atom. The van der Waals surface area contributed by atoms with Crippen molar-refractivity contribution in [3.8, 4) is 11.4 Å². The van der Waals surface area contributed by atoms with Crippen LogP contribution in [-0.2, 0) is 0 Å². The fraction of sp³-hybridized carbons (Fsp3) is 0.214. The summed E-state index contributed by atoms with van der Waals surface area (Å²) in [5.74, 6) is 0.783. The number of pyridine rings is 1. The molecule has 2 aromatic carbocycles. The van der Waals surface area contributed by atoms with E-state index >= 15 is 0 Å². The van der Waals surface area contributed by atoms with Crippen molar-refractivity contribution >= 4 is 34.6 Å². The van der Waals surface area contributed by atoms with Gasteiger partial charge in [0.1, 0.15) is 5.75 Å². The van der Waals surface area contributed by atoms with Crippen LogP contribution in [0.2, 0.25) is 5.02 Å². The van der Waals surface area contributed by atoms with Crippen LogP contribution in [0.25, 0.3) is 5.69 Å². The normalized spacial score (nSPS) is 17.5. The van der Waals surface area contributed by atoms with Gasteiger partial charge in [0.25, 0.3) is 0 Å². The number of halogens is 1. The number of aromatic nitrogens is 2. The highest BCUT2D eigenvalue weighted by Gasteiger charge is 2.42. The van der Waals surface area contributed by atoms with Gasteiger partial charge in [-0.25, -0.2) is 0 Å². The van der Waals surface area contributed by atoms with Crippen LogP contribution in [-0.4, -0.2) is 21.8 Å². The van der Waals surface area contributed by atoms with Gasteiger partial charge in [-0.05, 0) is 86.6 Å². The first-order valence-electron chi connectivity index (χ1n) is 11.5. The van der Waals surface area contributed by atoms with Crippen molar-refractivity contribution in [2.24, 2.45) is 0 Å². The van der Waals surface area contributed by atoms with Crippen molar-refractivity contribution in [1.29, 1.82) is 0 Å². The highest BCUT2D eigenvalue weighted by molar-refractivity contribution is 7.80. The van der Waals surface area contributed by atoms with Crippen LogP contribution in [0.3, 0.4) is 0 Å². The number of ether oxygens (including phenoxy) is 1. The molecule has 7 heteroatoms. The molecule has 0 saturated carbocycles. The van der Waals surface area contributed by atoms with E-state index in [1.54, 1.807) is 7.11 Å². The van der Waals surface area contributed by atoms with Crippen LogP contribution in [0.1, 0.15) is 40.3 Å². The van der Waals surface area contributed by atoms with E-state index in [0.29, 0.717) is 10.1 Å². The van der Waals surface area contributed by atoms with Crippen LogP contribution < -0.4 is 15.0 Å². The third-order valence-corrected chi connectivity index (χ3v) is 7.18. The fourth-order valence-corrected chi connectivity index (χ4v) is 5.50. The van der Waals surface area contributed by atoms with Crippen LogP contribution in [0.5, 0.6) is 5.75 Å². The average Bonchev–Trinajstić information content (AvgIpc) is 3.36. The molecule has 1 N–H and O–H groups in total. The predicted octanol–water partition coefficient (Wildman–Crippen LogP) is 6.64. The molecule has 0 radical (unpaired) electrons. The molecule has 1 aliphatic rings. The van der Waals surface area contributed by atoms with Crippen LogP contribution in [0.15, 0.2) is 72.9 Å². The molecule has 2 atom stereocenters. The minimum atomic E-state index is -0.121. The summed E-state index contributed by atoms with van der Waals surface area (Å²) in [5, 5.41) is 4.92. The molecule has 3 heterocycles. The first-order valence-corrected chi connectivity index (χ1v) is 12.3. The van der Waals surface area contributed by atoms with Crippen molar-refractivity contribution in [3.63, 3.8) is 0 Å². The summed E-state index contributed by atoms with van der Waals surface area (Å²) >= 11 is 12.3.